The first-order valence-electron chi connectivity index (χ1n) is 15.8. The van der Waals surface area contributed by atoms with Crippen LogP contribution in [0.4, 0.5) is 4.79 Å². The Morgan fingerprint density at radius 3 is 1.78 bits per heavy atom. The molecule has 1 amide bonds. The summed E-state index contributed by atoms with van der Waals surface area (Å²) in [6.07, 6.45) is -0.845. The number of carbonyl (C=O) groups is 2. The van der Waals surface area contributed by atoms with Crippen LogP contribution in [0.1, 0.15) is 65.2 Å². The lowest BCUT2D eigenvalue weighted by molar-refractivity contribution is -0.148. The zero-order valence-corrected chi connectivity index (χ0v) is 29.8. The molecule has 0 aliphatic carbocycles. The van der Waals surface area contributed by atoms with Gasteiger partial charge in [-0.25, -0.2) is 9.59 Å². The van der Waals surface area contributed by atoms with Crippen molar-refractivity contribution in [1.82, 2.24) is 5.32 Å². The highest BCUT2D eigenvalue weighted by atomic mass is 28.4. The molecule has 0 aliphatic rings. The van der Waals surface area contributed by atoms with Crippen molar-refractivity contribution in [1.29, 1.82) is 0 Å². The maximum atomic E-state index is 13.2. The molecule has 9 heteroatoms. The number of carboxylic acid groups (broad SMARTS) is 1. The van der Waals surface area contributed by atoms with Crippen LogP contribution in [0.2, 0.25) is 18.1 Å². The molecule has 0 saturated carbocycles. The van der Waals surface area contributed by atoms with Gasteiger partial charge in [0.25, 0.3) is 0 Å². The molecule has 0 aliphatic heterocycles. The Morgan fingerprint density at radius 1 is 0.783 bits per heavy atom. The van der Waals surface area contributed by atoms with E-state index < -0.39 is 37.4 Å². The van der Waals surface area contributed by atoms with E-state index in [0.29, 0.717) is 30.3 Å². The molecule has 8 nitrogen and oxygen atoms in total. The molecule has 2 atom stereocenters. The van der Waals surface area contributed by atoms with E-state index in [-0.39, 0.29) is 18.1 Å². The smallest absolute Gasteiger partial charge is 0.408 e. The highest BCUT2D eigenvalue weighted by Crippen LogP contribution is 2.38. The van der Waals surface area contributed by atoms with Gasteiger partial charge in [-0.1, -0.05) is 94.4 Å². The first-order valence-corrected chi connectivity index (χ1v) is 18.7. The predicted molar refractivity (Wildman–Crippen MR) is 184 cm³/mol. The number of aliphatic carboxylic acids is 1. The highest BCUT2D eigenvalue weighted by Gasteiger charge is 2.48. The molecule has 3 aromatic rings. The van der Waals surface area contributed by atoms with Gasteiger partial charge in [-0.15, -0.1) is 0 Å². The summed E-state index contributed by atoms with van der Waals surface area (Å²) >= 11 is 0. The Balaban J connectivity index is 1.99. The van der Waals surface area contributed by atoms with Crippen molar-refractivity contribution in [2.24, 2.45) is 5.92 Å². The number of carbonyl (C=O) groups excluding carboxylic acids is 1. The Morgan fingerprint density at radius 2 is 1.30 bits per heavy atom. The maximum Gasteiger partial charge on any atom is 0.408 e. The minimum absolute atomic E-state index is 0.0374. The van der Waals surface area contributed by atoms with Gasteiger partial charge >= 0.3 is 12.1 Å². The van der Waals surface area contributed by atoms with Gasteiger partial charge in [-0.3, -0.25) is 0 Å². The van der Waals surface area contributed by atoms with E-state index in [1.807, 2.05) is 66.7 Å². The van der Waals surface area contributed by atoms with Crippen LogP contribution in [0.25, 0.3) is 0 Å². The second kappa shape index (κ2) is 15.2. The van der Waals surface area contributed by atoms with Crippen LogP contribution in [0.5, 0.6) is 11.5 Å². The molecule has 0 aromatic heterocycles. The van der Waals surface area contributed by atoms with E-state index in [0.717, 1.165) is 11.1 Å². The van der Waals surface area contributed by atoms with Gasteiger partial charge in [-0.2, -0.15) is 0 Å². The van der Waals surface area contributed by atoms with Gasteiger partial charge in [0.2, 0.25) is 0 Å². The molecule has 0 unspecified atom stereocenters. The van der Waals surface area contributed by atoms with E-state index in [1.54, 1.807) is 39.8 Å². The molecule has 3 aromatic carbocycles. The molecule has 0 spiro atoms. The lowest BCUT2D eigenvalue weighted by Gasteiger charge is -2.41. The van der Waals surface area contributed by atoms with Crippen LogP contribution in [-0.2, 0) is 33.6 Å². The molecule has 2 N–H and O–H groups in total. The first-order chi connectivity index (χ1) is 21.4. The summed E-state index contributed by atoms with van der Waals surface area (Å²) in [5.41, 5.74) is 0.0688. The molecule has 0 bridgehead atoms. The van der Waals surface area contributed by atoms with Crippen molar-refractivity contribution >= 4 is 20.4 Å². The van der Waals surface area contributed by atoms with Crippen LogP contribution in [0.3, 0.4) is 0 Å². The number of alkyl carbamates (subject to hydrolysis) is 1. The third-order valence-corrected chi connectivity index (χ3v) is 12.9. The standard InChI is InChI=1S/C37H51NO7Si/c1-27(24-44-46(8,9)36(5,6)7)37(33(39)40,38-34(41)45-35(2,3)4)23-30-20-21-31(42-25-28-16-12-10-13-17-28)32(22-30)43-26-29-18-14-11-15-19-29/h10-22,27H,23-26H2,1-9H3,(H,38,41)(H,39,40)/t27-,37-/m0/s1. The zero-order chi connectivity index (χ0) is 34.2. The van der Waals surface area contributed by atoms with Crippen molar-refractivity contribution in [2.75, 3.05) is 6.61 Å². The van der Waals surface area contributed by atoms with Gasteiger partial charge in [0.15, 0.2) is 19.8 Å². The molecule has 0 heterocycles. The molecule has 46 heavy (non-hydrogen) atoms. The zero-order valence-electron chi connectivity index (χ0n) is 28.8. The normalized spacial score (nSPS) is 14.1. The van der Waals surface area contributed by atoms with Gasteiger partial charge in [0.05, 0.1) is 0 Å². The largest absolute Gasteiger partial charge is 0.485 e. The van der Waals surface area contributed by atoms with E-state index >= 15 is 0 Å². The molecule has 0 saturated heterocycles. The second-order valence-corrected chi connectivity index (χ2v) is 19.2. The van der Waals surface area contributed by atoms with Gasteiger partial charge in [-0.05, 0) is 67.7 Å². The summed E-state index contributed by atoms with van der Waals surface area (Å²) < 4.78 is 24.5. The molecule has 0 radical (unpaired) electrons. The van der Waals surface area contributed by atoms with E-state index in [9.17, 15) is 14.7 Å². The lowest BCUT2D eigenvalue weighted by atomic mass is 9.80. The third kappa shape index (κ3) is 10.4. The Hall–Kier alpha value is -3.82. The lowest BCUT2D eigenvalue weighted by Crippen LogP contribution is -2.62. The van der Waals surface area contributed by atoms with Crippen LogP contribution < -0.4 is 14.8 Å². The van der Waals surface area contributed by atoms with Crippen molar-refractivity contribution in [3.8, 4) is 11.5 Å². The molecule has 3 rings (SSSR count). The fourth-order valence-electron chi connectivity index (χ4n) is 4.55. The highest BCUT2D eigenvalue weighted by molar-refractivity contribution is 6.74. The Bertz CT molecular complexity index is 1430. The summed E-state index contributed by atoms with van der Waals surface area (Å²) in [5.74, 6) is -0.798. The number of amides is 1. The van der Waals surface area contributed by atoms with Crippen molar-refractivity contribution in [3.05, 3.63) is 95.6 Å². The third-order valence-electron chi connectivity index (χ3n) is 8.41. The van der Waals surface area contributed by atoms with E-state index in [4.69, 9.17) is 18.6 Å². The van der Waals surface area contributed by atoms with Gasteiger partial charge in [0, 0.05) is 18.9 Å². The number of rotatable bonds is 14. The quantitative estimate of drug-likeness (QED) is 0.169. The molecule has 250 valence electrons. The number of ether oxygens (including phenoxy) is 3. The monoisotopic (exact) mass is 649 g/mol. The SMILES string of the molecule is C[C@@H](CO[Si](C)(C)C(C)(C)C)[C@](Cc1ccc(OCc2ccccc2)c(OCc2ccccc2)c1)(NC(=O)OC(C)(C)C)C(=O)O. The minimum Gasteiger partial charge on any atom is -0.485 e. The first kappa shape index (κ1) is 36.6. The molecule has 0 fully saturated rings. The fraction of sp³-hybridized carbons (Fsp3) is 0.459. The summed E-state index contributed by atoms with van der Waals surface area (Å²) in [6, 6.07) is 25.0. The van der Waals surface area contributed by atoms with E-state index in [2.05, 4.69) is 39.2 Å². The van der Waals surface area contributed by atoms with Crippen LogP contribution in [0.15, 0.2) is 78.9 Å². The topological polar surface area (TPSA) is 103 Å². The minimum atomic E-state index is -2.22. The van der Waals surface area contributed by atoms with Gasteiger partial charge in [0.1, 0.15) is 24.4 Å². The summed E-state index contributed by atoms with van der Waals surface area (Å²) in [6.45, 7) is 18.4. The Labute approximate surface area is 275 Å². The number of nitrogens with one attached hydrogen (secondary N) is 1. The number of benzene rings is 3. The maximum absolute atomic E-state index is 13.2. The Kier molecular flexibility index (Phi) is 12.1. The van der Waals surface area contributed by atoms with Crippen LogP contribution in [-0.4, -0.2) is 43.2 Å². The van der Waals surface area contributed by atoms with Crippen molar-refractivity contribution < 1.29 is 33.3 Å². The predicted octanol–water partition coefficient (Wildman–Crippen LogP) is 8.39. The average Bonchev–Trinajstić information content (AvgIpc) is 2.97. The van der Waals surface area contributed by atoms with E-state index in [1.165, 1.54) is 0 Å². The molecular weight excluding hydrogens is 598 g/mol. The summed E-state index contributed by atoms with van der Waals surface area (Å²) in [7, 11) is -2.22. The number of hydrogen-bond acceptors (Lipinski definition) is 6. The van der Waals surface area contributed by atoms with Crippen molar-refractivity contribution in [2.45, 2.75) is 97.4 Å². The summed E-state index contributed by atoms with van der Waals surface area (Å²) in [5, 5.41) is 13.5. The van der Waals surface area contributed by atoms with Crippen LogP contribution >= 0.6 is 0 Å². The average molecular weight is 650 g/mol. The van der Waals surface area contributed by atoms with Gasteiger partial charge < -0.3 is 29.1 Å². The summed E-state index contributed by atoms with van der Waals surface area (Å²) in [4.78, 5) is 26.4. The number of hydrogen-bond donors (Lipinski definition) is 2. The van der Waals surface area contributed by atoms with Crippen LogP contribution in [0, 0.1) is 5.92 Å². The van der Waals surface area contributed by atoms with Crippen molar-refractivity contribution in [3.63, 3.8) is 0 Å². The fourth-order valence-corrected chi connectivity index (χ4v) is 5.65. The second-order valence-electron chi connectivity index (χ2n) is 14.4. The molecular formula is C37H51NO7Si. The number of carboxylic acids is 1.